The summed E-state index contributed by atoms with van der Waals surface area (Å²) in [6, 6.07) is 24.4. The van der Waals surface area contributed by atoms with E-state index in [1.165, 1.54) is 4.90 Å². The van der Waals surface area contributed by atoms with Gasteiger partial charge in [0.2, 0.25) is 11.8 Å². The number of allylic oxidation sites excluding steroid dienone is 1. The molecule has 0 unspecified atom stereocenters. The van der Waals surface area contributed by atoms with Gasteiger partial charge >= 0.3 is 13.1 Å². The van der Waals surface area contributed by atoms with Crippen LogP contribution in [0.3, 0.4) is 0 Å². The Kier molecular flexibility index (Phi) is 13.4. The number of aliphatic carboxylic acids is 1. The van der Waals surface area contributed by atoms with E-state index in [9.17, 15) is 24.5 Å². The summed E-state index contributed by atoms with van der Waals surface area (Å²) in [5.41, 5.74) is 3.05. The number of carboxylic acid groups (broad SMARTS) is 1. The number of aliphatic hydroxyl groups is 1. The highest BCUT2D eigenvalue weighted by molar-refractivity contribution is 6.99. The molecule has 1 aromatic heterocycles. The van der Waals surface area contributed by atoms with Crippen LogP contribution in [0.15, 0.2) is 93.9 Å². The maximum Gasteiger partial charge on any atom is 0.455 e. The number of nitrogens with zero attached hydrogens (tertiary/aromatic N) is 1. The van der Waals surface area contributed by atoms with Gasteiger partial charge < -0.3 is 28.7 Å². The summed E-state index contributed by atoms with van der Waals surface area (Å²) in [7, 11) is -4.10. The molecule has 3 aromatic rings. The summed E-state index contributed by atoms with van der Waals surface area (Å²) in [4.78, 5) is 40.9. The van der Waals surface area contributed by atoms with E-state index < -0.39 is 45.3 Å². The monoisotopic (exact) mass is 781 g/mol. The van der Waals surface area contributed by atoms with Crippen molar-refractivity contribution in [2.45, 2.75) is 103 Å². The average molecular weight is 782 g/mol. The van der Waals surface area contributed by atoms with Crippen molar-refractivity contribution >= 4 is 49.7 Å². The standard InChI is InChI=1S/C44H56BNO9Si/c1-5-30(25-32-21-22-33(28-47)54-32)20-23-38-40-31(29-53-56(44(2,3)4,34-15-9-6-10-16-34)35-17-11-7-12-18-35)26-36-41(37(40)27-45(52)55-38)43(51)46(42(36)50)24-14-8-13-19-39(48)49/h6-7,9-12,15-18,21-22,25,36-38,41,47,52H,5,8,13-14,19-20,23-24,26-29H2,1-4H3,(H,48,49)/b30-25+/t36-,37+,38-,41-/m1/s1. The molecule has 2 aromatic carbocycles. The first kappa shape index (κ1) is 41.6. The lowest BCUT2D eigenvalue weighted by molar-refractivity contribution is -0.141. The molecule has 0 radical (unpaired) electrons. The van der Waals surface area contributed by atoms with E-state index in [1.807, 2.05) is 24.3 Å². The highest BCUT2D eigenvalue weighted by Crippen LogP contribution is 2.51. The van der Waals surface area contributed by atoms with Crippen molar-refractivity contribution in [3.05, 3.63) is 101 Å². The van der Waals surface area contributed by atoms with E-state index in [4.69, 9.17) is 18.6 Å². The fourth-order valence-electron chi connectivity index (χ4n) is 9.29. The topological polar surface area (TPSA) is 147 Å². The number of amides is 2. The SMILES string of the molecule is CC/C(=C\c1ccc(CO)o1)CC[C@H]1OB(O)C[C@H]2C1=C(CO[Si](c1ccccc1)(c1ccccc1)C(C)(C)C)C[C@H]1C(=O)N(CCCCCC(=O)O)C(=O)[C@H]12. The Labute approximate surface area is 331 Å². The normalized spacial score (nSPS) is 21.8. The van der Waals surface area contributed by atoms with Crippen LogP contribution in [-0.2, 0) is 30.1 Å². The average Bonchev–Trinajstić information content (AvgIpc) is 3.74. The Balaban J connectivity index is 1.37. The van der Waals surface area contributed by atoms with Crippen molar-refractivity contribution in [1.29, 1.82) is 0 Å². The van der Waals surface area contributed by atoms with Gasteiger partial charge in [0, 0.05) is 13.0 Å². The molecule has 2 aliphatic heterocycles. The van der Waals surface area contributed by atoms with Gasteiger partial charge in [-0.25, -0.2) is 0 Å². The van der Waals surface area contributed by atoms with Crippen LogP contribution < -0.4 is 10.4 Å². The first-order valence-corrected chi connectivity index (χ1v) is 22.0. The molecular formula is C44H56BNO9Si. The van der Waals surface area contributed by atoms with Crippen molar-refractivity contribution in [3.8, 4) is 0 Å². The largest absolute Gasteiger partial charge is 0.481 e. The van der Waals surface area contributed by atoms with Crippen LogP contribution in [0.1, 0.15) is 90.6 Å². The highest BCUT2D eigenvalue weighted by Gasteiger charge is 2.58. The molecule has 0 bridgehead atoms. The number of furan rings is 1. The lowest BCUT2D eigenvalue weighted by atomic mass is 9.58. The number of hydrogen-bond acceptors (Lipinski definition) is 8. The van der Waals surface area contributed by atoms with Gasteiger partial charge in [-0.3, -0.25) is 19.3 Å². The molecule has 2 saturated heterocycles. The molecule has 56 heavy (non-hydrogen) atoms. The predicted molar refractivity (Wildman–Crippen MR) is 218 cm³/mol. The van der Waals surface area contributed by atoms with Gasteiger partial charge in [0.1, 0.15) is 18.1 Å². The Morgan fingerprint density at radius 3 is 2.21 bits per heavy atom. The van der Waals surface area contributed by atoms with Crippen molar-refractivity contribution < 1.29 is 43.1 Å². The van der Waals surface area contributed by atoms with Crippen LogP contribution >= 0.6 is 0 Å². The third-order valence-corrected chi connectivity index (χ3v) is 16.9. The first-order valence-electron chi connectivity index (χ1n) is 20.1. The lowest BCUT2D eigenvalue weighted by Crippen LogP contribution is -2.66. The van der Waals surface area contributed by atoms with Gasteiger partial charge in [0.25, 0.3) is 8.32 Å². The first-order chi connectivity index (χ1) is 26.9. The molecule has 298 valence electrons. The number of unbranched alkanes of at least 4 members (excludes halogenated alkanes) is 2. The van der Waals surface area contributed by atoms with Crippen molar-refractivity contribution in [2.75, 3.05) is 13.2 Å². The molecule has 0 spiro atoms. The molecule has 10 nitrogen and oxygen atoms in total. The minimum atomic E-state index is -2.99. The van der Waals surface area contributed by atoms with Crippen LogP contribution in [0.5, 0.6) is 0 Å². The van der Waals surface area contributed by atoms with Crippen molar-refractivity contribution in [2.24, 2.45) is 17.8 Å². The molecular weight excluding hydrogens is 725 g/mol. The third kappa shape index (κ3) is 8.74. The number of fused-ring (bicyclic) bond motifs is 3. The Morgan fingerprint density at radius 1 is 0.946 bits per heavy atom. The van der Waals surface area contributed by atoms with Crippen molar-refractivity contribution in [3.63, 3.8) is 0 Å². The molecule has 2 fully saturated rings. The van der Waals surface area contributed by atoms with Gasteiger partial charge in [0.15, 0.2) is 0 Å². The summed E-state index contributed by atoms with van der Waals surface area (Å²) in [6.07, 6.45) is 5.67. The molecule has 0 saturated carbocycles. The van der Waals surface area contributed by atoms with Crippen LogP contribution in [-0.4, -0.2) is 72.6 Å². The smallest absolute Gasteiger partial charge is 0.455 e. The Bertz CT molecular complexity index is 1860. The fourth-order valence-corrected chi connectivity index (χ4v) is 13.8. The van der Waals surface area contributed by atoms with Crippen LogP contribution in [0.2, 0.25) is 11.4 Å². The number of carboxylic acids is 1. The van der Waals surface area contributed by atoms with E-state index in [1.54, 1.807) is 6.07 Å². The molecule has 6 rings (SSSR count). The summed E-state index contributed by atoms with van der Waals surface area (Å²) < 4.78 is 19.6. The van der Waals surface area contributed by atoms with Gasteiger partial charge in [0.05, 0.1) is 24.5 Å². The lowest BCUT2D eigenvalue weighted by Gasteiger charge is -2.46. The van der Waals surface area contributed by atoms with E-state index in [-0.39, 0.29) is 49.4 Å². The molecule has 3 aliphatic rings. The van der Waals surface area contributed by atoms with E-state index >= 15 is 0 Å². The molecule has 4 atom stereocenters. The molecule has 3 heterocycles. The van der Waals surface area contributed by atoms with Gasteiger partial charge in [-0.05, 0) is 95.5 Å². The van der Waals surface area contributed by atoms with Crippen LogP contribution in [0.4, 0.5) is 0 Å². The zero-order valence-corrected chi connectivity index (χ0v) is 34.1. The van der Waals surface area contributed by atoms with Crippen LogP contribution in [0, 0.1) is 17.8 Å². The Morgan fingerprint density at radius 2 is 1.62 bits per heavy atom. The minimum Gasteiger partial charge on any atom is -0.481 e. The quantitative estimate of drug-likeness (QED) is 0.0616. The number of imide groups is 1. The number of carbonyl (C=O) groups excluding carboxylic acids is 2. The number of rotatable bonds is 17. The highest BCUT2D eigenvalue weighted by atomic mass is 28.4. The minimum absolute atomic E-state index is 0.0522. The second-order valence-corrected chi connectivity index (χ2v) is 20.8. The summed E-state index contributed by atoms with van der Waals surface area (Å²) in [6.45, 7) is 9.09. The van der Waals surface area contributed by atoms with Crippen molar-refractivity contribution in [1.82, 2.24) is 4.90 Å². The predicted octanol–water partition coefficient (Wildman–Crippen LogP) is 6.36. The summed E-state index contributed by atoms with van der Waals surface area (Å²) in [5.74, 6) is -1.72. The number of hydrogen-bond donors (Lipinski definition) is 3. The van der Waals surface area contributed by atoms with Gasteiger partial charge in [-0.2, -0.15) is 0 Å². The van der Waals surface area contributed by atoms with E-state index in [0.717, 1.165) is 33.5 Å². The summed E-state index contributed by atoms with van der Waals surface area (Å²) >= 11 is 0. The maximum absolute atomic E-state index is 14.3. The van der Waals surface area contributed by atoms with E-state index in [2.05, 4.69) is 76.2 Å². The van der Waals surface area contributed by atoms with Gasteiger partial charge in [-0.15, -0.1) is 0 Å². The molecule has 12 heteroatoms. The number of likely N-dealkylation sites (tertiary alicyclic amines) is 1. The second kappa shape index (κ2) is 18.0. The molecule has 1 aliphatic carbocycles. The van der Waals surface area contributed by atoms with E-state index in [0.29, 0.717) is 50.0 Å². The Hall–Kier alpha value is -4.07. The fraction of sp³-hybridized carbons (Fsp3) is 0.477. The second-order valence-electron chi connectivity index (χ2n) is 16.5. The zero-order chi connectivity index (χ0) is 40.0. The summed E-state index contributed by atoms with van der Waals surface area (Å²) in [5, 5.41) is 31.8. The molecule has 3 N–H and O–H groups in total. The number of benzene rings is 2. The van der Waals surface area contributed by atoms with Gasteiger partial charge in [-0.1, -0.05) is 100 Å². The third-order valence-electron chi connectivity index (χ3n) is 11.9. The number of aliphatic hydroxyl groups excluding tert-OH is 1. The maximum atomic E-state index is 14.3. The molecule has 2 amide bonds. The van der Waals surface area contributed by atoms with Crippen LogP contribution in [0.25, 0.3) is 6.08 Å². The number of carbonyl (C=O) groups is 3. The zero-order valence-electron chi connectivity index (χ0n) is 33.1.